The van der Waals surface area contributed by atoms with Crippen LogP contribution in [0.15, 0.2) is 18.3 Å². The molecule has 0 saturated carbocycles. The molecule has 1 aromatic heterocycles. The number of carbonyl (C=O) groups is 1. The maximum Gasteiger partial charge on any atom is 0.223 e. The van der Waals surface area contributed by atoms with E-state index in [-0.39, 0.29) is 5.91 Å². The molecule has 2 saturated heterocycles. The monoisotopic (exact) mass is 299 g/mol. The van der Waals surface area contributed by atoms with Crippen LogP contribution in [-0.2, 0) is 4.79 Å². The highest BCUT2D eigenvalue weighted by molar-refractivity contribution is 5.77. The Balaban J connectivity index is 1.70. The van der Waals surface area contributed by atoms with E-state index in [1.165, 1.54) is 0 Å². The van der Waals surface area contributed by atoms with Crippen molar-refractivity contribution in [1.29, 1.82) is 5.26 Å². The number of fused-ring (bicyclic) bond motifs is 2. The van der Waals surface area contributed by atoms with Crippen molar-refractivity contribution in [2.24, 2.45) is 0 Å². The lowest BCUT2D eigenvalue weighted by atomic mass is 10.1. The van der Waals surface area contributed by atoms with Gasteiger partial charge in [0.05, 0.1) is 5.56 Å². The van der Waals surface area contributed by atoms with Gasteiger partial charge in [0, 0.05) is 44.3 Å². The molecule has 0 aromatic carbocycles. The van der Waals surface area contributed by atoms with E-state index in [1.807, 2.05) is 24.1 Å². The number of nitriles is 1. The van der Waals surface area contributed by atoms with Gasteiger partial charge in [-0.3, -0.25) is 4.79 Å². The van der Waals surface area contributed by atoms with Crippen molar-refractivity contribution in [1.82, 2.24) is 15.2 Å². The van der Waals surface area contributed by atoms with Gasteiger partial charge in [-0.05, 0) is 32.0 Å². The molecule has 0 spiro atoms. The standard InChI is InChI=1S/C16H21N5O/c1-18-7-6-16(22)20-10-13-3-4-14(11-20)21(13)15-5-2-12(8-17)9-19-15/h2,5,9,13-14,18H,3-4,6-7,10-11H2,1H3. The molecule has 22 heavy (non-hydrogen) atoms. The van der Waals surface area contributed by atoms with Gasteiger partial charge in [0.15, 0.2) is 0 Å². The topological polar surface area (TPSA) is 72.3 Å². The predicted molar refractivity (Wildman–Crippen MR) is 83.4 cm³/mol. The Bertz CT molecular complexity index is 565. The van der Waals surface area contributed by atoms with Crippen LogP contribution in [0.2, 0.25) is 0 Å². The minimum atomic E-state index is 0.235. The van der Waals surface area contributed by atoms with E-state index in [0.29, 0.717) is 24.1 Å². The van der Waals surface area contributed by atoms with Crippen molar-refractivity contribution < 1.29 is 4.79 Å². The lowest BCUT2D eigenvalue weighted by molar-refractivity contribution is -0.132. The Morgan fingerprint density at radius 3 is 2.68 bits per heavy atom. The molecule has 2 fully saturated rings. The molecular formula is C16H21N5O. The lowest BCUT2D eigenvalue weighted by Gasteiger charge is -2.41. The summed E-state index contributed by atoms with van der Waals surface area (Å²) >= 11 is 0. The minimum absolute atomic E-state index is 0.235. The van der Waals surface area contributed by atoms with E-state index in [0.717, 1.165) is 38.3 Å². The van der Waals surface area contributed by atoms with Gasteiger partial charge < -0.3 is 15.1 Å². The summed E-state index contributed by atoms with van der Waals surface area (Å²) in [7, 11) is 1.87. The first-order valence-corrected chi connectivity index (χ1v) is 7.80. The zero-order valence-corrected chi connectivity index (χ0v) is 12.8. The Morgan fingerprint density at radius 1 is 1.41 bits per heavy atom. The van der Waals surface area contributed by atoms with Gasteiger partial charge in [-0.25, -0.2) is 4.98 Å². The molecule has 3 heterocycles. The van der Waals surface area contributed by atoms with Gasteiger partial charge in [-0.1, -0.05) is 0 Å². The number of carbonyl (C=O) groups excluding carboxylic acids is 1. The second kappa shape index (κ2) is 6.32. The average Bonchev–Trinajstić information content (AvgIpc) is 2.82. The van der Waals surface area contributed by atoms with Crippen LogP contribution in [0.3, 0.4) is 0 Å². The molecule has 2 unspecified atom stereocenters. The first-order chi connectivity index (χ1) is 10.7. The number of amides is 1. The van der Waals surface area contributed by atoms with Gasteiger partial charge in [0.2, 0.25) is 5.91 Å². The fourth-order valence-electron chi connectivity index (χ4n) is 3.48. The average molecular weight is 299 g/mol. The number of piperazine rings is 1. The van der Waals surface area contributed by atoms with Crippen LogP contribution in [-0.4, -0.2) is 54.6 Å². The van der Waals surface area contributed by atoms with Crippen LogP contribution in [0, 0.1) is 11.3 Å². The predicted octanol–water partition coefficient (Wildman–Crippen LogP) is 0.742. The first kappa shape index (κ1) is 14.8. The van der Waals surface area contributed by atoms with E-state index in [9.17, 15) is 4.79 Å². The maximum atomic E-state index is 12.2. The molecule has 2 atom stereocenters. The molecule has 2 aliphatic heterocycles. The zero-order chi connectivity index (χ0) is 15.5. The normalized spacial score (nSPS) is 23.5. The Hall–Kier alpha value is -2.13. The third kappa shape index (κ3) is 2.77. The van der Waals surface area contributed by atoms with Gasteiger partial charge >= 0.3 is 0 Å². The summed E-state index contributed by atoms with van der Waals surface area (Å²) in [5, 5.41) is 11.9. The number of nitrogens with one attached hydrogen (secondary N) is 1. The first-order valence-electron chi connectivity index (χ1n) is 7.80. The molecule has 0 radical (unpaired) electrons. The second-order valence-corrected chi connectivity index (χ2v) is 5.96. The molecule has 0 aliphatic carbocycles. The van der Waals surface area contributed by atoms with Crippen LogP contribution in [0.25, 0.3) is 0 Å². The smallest absolute Gasteiger partial charge is 0.223 e. The molecular weight excluding hydrogens is 278 g/mol. The summed E-state index contributed by atoms with van der Waals surface area (Å²) in [5.74, 6) is 1.16. The number of likely N-dealkylation sites (tertiary alicyclic amines) is 1. The number of anilines is 1. The number of hydrogen-bond acceptors (Lipinski definition) is 5. The van der Waals surface area contributed by atoms with Crippen molar-refractivity contribution >= 4 is 11.7 Å². The summed E-state index contributed by atoms with van der Waals surface area (Å²) < 4.78 is 0. The van der Waals surface area contributed by atoms with Crippen LogP contribution in [0.1, 0.15) is 24.8 Å². The van der Waals surface area contributed by atoms with Crippen molar-refractivity contribution in [3.8, 4) is 6.07 Å². The van der Waals surface area contributed by atoms with Gasteiger partial charge in [0.1, 0.15) is 11.9 Å². The quantitative estimate of drug-likeness (QED) is 0.888. The zero-order valence-electron chi connectivity index (χ0n) is 12.8. The molecule has 1 amide bonds. The lowest BCUT2D eigenvalue weighted by Crippen LogP contribution is -2.56. The molecule has 116 valence electrons. The summed E-state index contributed by atoms with van der Waals surface area (Å²) in [6, 6.07) is 6.52. The summed E-state index contributed by atoms with van der Waals surface area (Å²) in [6.07, 6.45) is 4.38. The Morgan fingerprint density at radius 2 is 2.14 bits per heavy atom. The highest BCUT2D eigenvalue weighted by Gasteiger charge is 2.41. The second-order valence-electron chi connectivity index (χ2n) is 5.96. The number of aromatic nitrogens is 1. The van der Waals surface area contributed by atoms with E-state index < -0.39 is 0 Å². The highest BCUT2D eigenvalue weighted by Crippen LogP contribution is 2.34. The van der Waals surface area contributed by atoms with Crippen LogP contribution < -0.4 is 10.2 Å². The van der Waals surface area contributed by atoms with Crippen molar-refractivity contribution in [3.05, 3.63) is 23.9 Å². The van der Waals surface area contributed by atoms with Crippen LogP contribution >= 0.6 is 0 Å². The Labute approximate surface area is 130 Å². The molecule has 6 heteroatoms. The largest absolute Gasteiger partial charge is 0.347 e. The van der Waals surface area contributed by atoms with Gasteiger partial charge in [-0.15, -0.1) is 0 Å². The summed E-state index contributed by atoms with van der Waals surface area (Å²) in [5.41, 5.74) is 0.581. The molecule has 2 aliphatic rings. The maximum absolute atomic E-state index is 12.2. The van der Waals surface area contributed by atoms with Crippen LogP contribution in [0.5, 0.6) is 0 Å². The highest BCUT2D eigenvalue weighted by atomic mass is 16.2. The number of nitrogens with zero attached hydrogens (tertiary/aromatic N) is 4. The van der Waals surface area contributed by atoms with Crippen molar-refractivity contribution in [3.63, 3.8) is 0 Å². The number of hydrogen-bond donors (Lipinski definition) is 1. The minimum Gasteiger partial charge on any atom is -0.347 e. The van der Waals surface area contributed by atoms with Gasteiger partial charge in [-0.2, -0.15) is 5.26 Å². The molecule has 1 N–H and O–H groups in total. The third-order valence-corrected chi connectivity index (χ3v) is 4.57. The summed E-state index contributed by atoms with van der Waals surface area (Å²) in [6.45, 7) is 2.28. The third-order valence-electron chi connectivity index (χ3n) is 4.57. The van der Waals surface area contributed by atoms with E-state index >= 15 is 0 Å². The fraction of sp³-hybridized carbons (Fsp3) is 0.562. The van der Waals surface area contributed by atoms with Crippen LogP contribution in [0.4, 0.5) is 5.82 Å². The SMILES string of the molecule is CNCCC(=O)N1CC2CCC(C1)N2c1ccc(C#N)cn1. The van der Waals surface area contributed by atoms with Crippen molar-refractivity contribution in [2.45, 2.75) is 31.3 Å². The Kier molecular flexibility index (Phi) is 4.25. The summed E-state index contributed by atoms with van der Waals surface area (Å²) in [4.78, 5) is 21.0. The molecule has 1 aromatic rings. The van der Waals surface area contributed by atoms with E-state index in [1.54, 1.807) is 6.20 Å². The van der Waals surface area contributed by atoms with E-state index in [4.69, 9.17) is 5.26 Å². The fourth-order valence-corrected chi connectivity index (χ4v) is 3.48. The molecule has 2 bridgehead atoms. The van der Waals surface area contributed by atoms with Crippen molar-refractivity contribution in [2.75, 3.05) is 31.6 Å². The number of pyridine rings is 1. The van der Waals surface area contributed by atoms with Gasteiger partial charge in [0.25, 0.3) is 0 Å². The molecule has 6 nitrogen and oxygen atoms in total. The number of rotatable bonds is 4. The van der Waals surface area contributed by atoms with E-state index in [2.05, 4.69) is 21.3 Å². The molecule has 3 rings (SSSR count).